The topological polar surface area (TPSA) is 92.5 Å². The summed E-state index contributed by atoms with van der Waals surface area (Å²) in [6, 6.07) is 7.89. The van der Waals surface area contributed by atoms with Crippen LogP contribution >= 0.6 is 0 Å². The molecule has 1 fully saturated rings. The van der Waals surface area contributed by atoms with Gasteiger partial charge in [0, 0.05) is 19.0 Å². The fraction of sp³-hybridized carbons (Fsp3) is 0.500. The zero-order valence-electron chi connectivity index (χ0n) is 16.7. The van der Waals surface area contributed by atoms with Crippen LogP contribution in [-0.2, 0) is 14.8 Å². The molecule has 0 saturated carbocycles. The Morgan fingerprint density at radius 2 is 1.86 bits per heavy atom. The Kier molecular flexibility index (Phi) is 5.90. The van der Waals surface area contributed by atoms with Gasteiger partial charge in [-0.1, -0.05) is 29.4 Å². The van der Waals surface area contributed by atoms with E-state index in [-0.39, 0.29) is 22.8 Å². The van der Waals surface area contributed by atoms with Crippen molar-refractivity contribution in [3.63, 3.8) is 0 Å². The number of carbonyl (C=O) groups excluding carboxylic acids is 1. The smallest absolute Gasteiger partial charge is 0.248 e. The number of carbonyl (C=O) groups is 1. The maximum Gasteiger partial charge on any atom is 0.248 e. The third-order valence-corrected chi connectivity index (χ3v) is 7.55. The van der Waals surface area contributed by atoms with Crippen LogP contribution in [0.5, 0.6) is 0 Å². The Morgan fingerprint density at radius 1 is 1.21 bits per heavy atom. The van der Waals surface area contributed by atoms with Gasteiger partial charge >= 0.3 is 0 Å². The highest BCUT2D eigenvalue weighted by Gasteiger charge is 2.35. The van der Waals surface area contributed by atoms with E-state index < -0.39 is 10.0 Å². The number of amides is 1. The van der Waals surface area contributed by atoms with Crippen LogP contribution in [0, 0.1) is 26.7 Å². The molecular formula is C20H27N3O4S. The number of rotatable bonds is 5. The summed E-state index contributed by atoms with van der Waals surface area (Å²) in [5.74, 6) is 0.0807. The maximum absolute atomic E-state index is 12.9. The molecule has 1 aliphatic rings. The minimum absolute atomic E-state index is 0.0230. The van der Waals surface area contributed by atoms with Crippen molar-refractivity contribution in [1.29, 1.82) is 0 Å². The van der Waals surface area contributed by atoms with E-state index >= 15 is 0 Å². The molecule has 0 spiro atoms. The first kappa shape index (κ1) is 20.5. The Bertz CT molecular complexity index is 940. The average molecular weight is 406 g/mol. The second kappa shape index (κ2) is 8.05. The van der Waals surface area contributed by atoms with Crippen LogP contribution in [-0.4, -0.2) is 36.9 Å². The van der Waals surface area contributed by atoms with Crippen LogP contribution in [0.4, 0.5) is 0 Å². The Morgan fingerprint density at radius 3 is 2.43 bits per heavy atom. The SMILES string of the molecule is Cc1ccccc1[C@H](C)NC(=O)C1CCN(S(=O)(=O)c2c(C)noc2C)CC1. The van der Waals surface area contributed by atoms with E-state index in [9.17, 15) is 13.2 Å². The number of aromatic nitrogens is 1. The monoisotopic (exact) mass is 405 g/mol. The summed E-state index contributed by atoms with van der Waals surface area (Å²) in [5.41, 5.74) is 2.59. The molecule has 1 N–H and O–H groups in total. The third kappa shape index (κ3) is 3.98. The Hall–Kier alpha value is -2.19. The number of piperidine rings is 1. The lowest BCUT2D eigenvalue weighted by Gasteiger charge is -2.31. The molecule has 2 aromatic rings. The lowest BCUT2D eigenvalue weighted by molar-refractivity contribution is -0.126. The molecule has 0 radical (unpaired) electrons. The van der Waals surface area contributed by atoms with E-state index in [4.69, 9.17) is 4.52 Å². The summed E-state index contributed by atoms with van der Waals surface area (Å²) in [7, 11) is -3.66. The van der Waals surface area contributed by atoms with Gasteiger partial charge in [-0.2, -0.15) is 4.31 Å². The van der Waals surface area contributed by atoms with Crippen LogP contribution in [0.15, 0.2) is 33.7 Å². The van der Waals surface area contributed by atoms with Gasteiger partial charge in [-0.05, 0) is 51.7 Å². The van der Waals surface area contributed by atoms with Crippen molar-refractivity contribution in [2.75, 3.05) is 13.1 Å². The van der Waals surface area contributed by atoms with Gasteiger partial charge in [-0.3, -0.25) is 4.79 Å². The van der Waals surface area contributed by atoms with Gasteiger partial charge in [-0.15, -0.1) is 0 Å². The molecule has 8 heteroatoms. The number of hydrogen-bond donors (Lipinski definition) is 1. The van der Waals surface area contributed by atoms with E-state index in [1.54, 1.807) is 13.8 Å². The Balaban J connectivity index is 1.62. The first-order valence-corrected chi connectivity index (χ1v) is 10.9. The highest BCUT2D eigenvalue weighted by Crippen LogP contribution is 2.28. The lowest BCUT2D eigenvalue weighted by Crippen LogP contribution is -2.43. The predicted molar refractivity (Wildman–Crippen MR) is 105 cm³/mol. The summed E-state index contributed by atoms with van der Waals surface area (Å²) in [5, 5.41) is 6.82. The van der Waals surface area contributed by atoms with Gasteiger partial charge in [-0.25, -0.2) is 8.42 Å². The number of nitrogens with one attached hydrogen (secondary N) is 1. The molecule has 0 bridgehead atoms. The summed E-state index contributed by atoms with van der Waals surface area (Å²) in [6.45, 7) is 7.83. The largest absolute Gasteiger partial charge is 0.360 e. The van der Waals surface area contributed by atoms with Gasteiger partial charge in [0.2, 0.25) is 15.9 Å². The molecule has 1 aromatic heterocycles. The minimum atomic E-state index is -3.66. The van der Waals surface area contributed by atoms with Gasteiger partial charge < -0.3 is 9.84 Å². The van der Waals surface area contributed by atoms with Crippen molar-refractivity contribution in [2.45, 2.75) is 51.5 Å². The molecule has 0 aliphatic carbocycles. The molecule has 7 nitrogen and oxygen atoms in total. The number of nitrogens with zero attached hydrogens (tertiary/aromatic N) is 2. The minimum Gasteiger partial charge on any atom is -0.360 e. The van der Waals surface area contributed by atoms with Gasteiger partial charge in [0.1, 0.15) is 10.6 Å². The van der Waals surface area contributed by atoms with Crippen LogP contribution in [0.25, 0.3) is 0 Å². The van der Waals surface area contributed by atoms with E-state index in [1.807, 2.05) is 38.1 Å². The number of sulfonamides is 1. The van der Waals surface area contributed by atoms with E-state index in [1.165, 1.54) is 4.31 Å². The molecule has 0 unspecified atom stereocenters. The molecule has 1 aromatic carbocycles. The fourth-order valence-corrected chi connectivity index (χ4v) is 5.57. The summed E-state index contributed by atoms with van der Waals surface area (Å²) < 4.78 is 32.2. The summed E-state index contributed by atoms with van der Waals surface area (Å²) >= 11 is 0. The van der Waals surface area contributed by atoms with Crippen LogP contribution in [0.2, 0.25) is 0 Å². The average Bonchev–Trinajstić information content (AvgIpc) is 3.01. The quantitative estimate of drug-likeness (QED) is 0.826. The van der Waals surface area contributed by atoms with Crippen LogP contribution in [0.1, 0.15) is 48.4 Å². The zero-order valence-corrected chi connectivity index (χ0v) is 17.5. The molecule has 1 saturated heterocycles. The van der Waals surface area contributed by atoms with Crippen molar-refractivity contribution in [3.05, 3.63) is 46.8 Å². The standard InChI is InChI=1S/C20H27N3O4S/c1-13-7-5-6-8-18(13)14(2)21-20(24)17-9-11-23(12-10-17)28(25,26)19-15(3)22-27-16(19)4/h5-8,14,17H,9-12H2,1-4H3,(H,21,24)/t14-/m0/s1. The number of aryl methyl sites for hydroxylation is 3. The zero-order chi connectivity index (χ0) is 20.5. The van der Waals surface area contributed by atoms with Gasteiger partial charge in [0.25, 0.3) is 0 Å². The second-order valence-electron chi connectivity index (χ2n) is 7.42. The molecule has 152 valence electrons. The van der Waals surface area contributed by atoms with Crippen molar-refractivity contribution in [1.82, 2.24) is 14.8 Å². The fourth-order valence-electron chi connectivity index (χ4n) is 3.81. The number of benzene rings is 1. The van der Waals surface area contributed by atoms with E-state index in [0.717, 1.165) is 11.1 Å². The molecule has 1 atom stereocenters. The molecule has 1 amide bonds. The second-order valence-corrected chi connectivity index (χ2v) is 9.29. The Labute approximate surface area is 166 Å². The van der Waals surface area contributed by atoms with Crippen molar-refractivity contribution in [2.24, 2.45) is 5.92 Å². The van der Waals surface area contributed by atoms with Crippen molar-refractivity contribution in [3.8, 4) is 0 Å². The first-order chi connectivity index (χ1) is 13.2. The molecule has 2 heterocycles. The van der Waals surface area contributed by atoms with Gasteiger partial charge in [0.15, 0.2) is 5.76 Å². The van der Waals surface area contributed by atoms with Crippen molar-refractivity contribution >= 4 is 15.9 Å². The summed E-state index contributed by atoms with van der Waals surface area (Å²) in [4.78, 5) is 12.8. The predicted octanol–water partition coefficient (Wildman–Crippen LogP) is 2.88. The molecule has 28 heavy (non-hydrogen) atoms. The number of hydrogen-bond acceptors (Lipinski definition) is 5. The molecular weight excluding hydrogens is 378 g/mol. The van der Waals surface area contributed by atoms with E-state index in [0.29, 0.717) is 37.4 Å². The van der Waals surface area contributed by atoms with Crippen LogP contribution in [0.3, 0.4) is 0 Å². The van der Waals surface area contributed by atoms with Crippen LogP contribution < -0.4 is 5.32 Å². The van der Waals surface area contributed by atoms with Crippen molar-refractivity contribution < 1.29 is 17.7 Å². The first-order valence-electron chi connectivity index (χ1n) is 9.50. The maximum atomic E-state index is 12.9. The third-order valence-electron chi connectivity index (χ3n) is 5.40. The molecule has 1 aliphatic heterocycles. The molecule has 3 rings (SSSR count). The van der Waals surface area contributed by atoms with E-state index in [2.05, 4.69) is 10.5 Å². The highest BCUT2D eigenvalue weighted by atomic mass is 32.2. The normalized spacial score (nSPS) is 17.4. The summed E-state index contributed by atoms with van der Waals surface area (Å²) in [6.07, 6.45) is 0.990. The van der Waals surface area contributed by atoms with Gasteiger partial charge in [0.05, 0.1) is 6.04 Å². The highest BCUT2D eigenvalue weighted by molar-refractivity contribution is 7.89. The lowest BCUT2D eigenvalue weighted by atomic mass is 9.96.